The molecule has 0 aliphatic heterocycles. The molecule has 5 nitrogen and oxygen atoms in total. The Balaban J connectivity index is 0.00000196. The third-order valence-electron chi connectivity index (χ3n) is 8.24. The van der Waals surface area contributed by atoms with Gasteiger partial charge in [-0.3, -0.25) is 4.18 Å². The number of aliphatic hydroxyl groups excluding tert-OH is 1. The minimum absolute atomic E-state index is 0. The van der Waals surface area contributed by atoms with Crippen LogP contribution in [0, 0.1) is 28.6 Å². The van der Waals surface area contributed by atoms with Gasteiger partial charge in [-0.25, -0.2) is 8.42 Å². The fourth-order valence-corrected chi connectivity index (χ4v) is 7.56. The van der Waals surface area contributed by atoms with E-state index in [4.69, 9.17) is 4.18 Å². The average Bonchev–Trinajstić information content (AvgIpc) is 2.83. The summed E-state index contributed by atoms with van der Waals surface area (Å²) in [5.41, 5.74) is 1.40. The monoisotopic (exact) mass is 392 g/mol. The molecular formula is C19H29NaO5S. The minimum atomic E-state index is -4.65. The van der Waals surface area contributed by atoms with E-state index in [0.29, 0.717) is 24.2 Å². The van der Waals surface area contributed by atoms with E-state index < -0.39 is 16.5 Å². The van der Waals surface area contributed by atoms with E-state index in [0.717, 1.165) is 44.9 Å². The molecule has 0 aromatic carbocycles. The van der Waals surface area contributed by atoms with Crippen molar-refractivity contribution in [2.24, 2.45) is 28.6 Å². The first-order valence-electron chi connectivity index (χ1n) is 9.67. The van der Waals surface area contributed by atoms with Crippen LogP contribution < -0.4 is 29.6 Å². The van der Waals surface area contributed by atoms with Gasteiger partial charge >= 0.3 is 29.6 Å². The van der Waals surface area contributed by atoms with Crippen LogP contribution in [0.3, 0.4) is 0 Å². The number of aliphatic hydroxyl groups is 1. The first kappa shape index (κ1) is 21.3. The molecule has 7 heteroatoms. The van der Waals surface area contributed by atoms with Gasteiger partial charge in [-0.15, -0.1) is 0 Å². The summed E-state index contributed by atoms with van der Waals surface area (Å²) < 4.78 is 38.4. The van der Waals surface area contributed by atoms with Gasteiger partial charge in [-0.05, 0) is 80.0 Å². The van der Waals surface area contributed by atoms with Crippen LogP contribution in [0.2, 0.25) is 0 Å². The van der Waals surface area contributed by atoms with Crippen LogP contribution >= 0.6 is 0 Å². The molecule has 4 rings (SSSR count). The standard InChI is InChI=1S/C19H30O5S.Na/c1-18-9-7-13(20)11-12(18)3-4-14-15-5-6-17(24-25(21,22)23)19(15,2)10-8-16(14)18;/h11,13-17,20H,3-10H2,1-2H3,(H,21,22,23);/q;+1/p-1/t13-,14+,15+,16+,17-,18+,19+;/m1./s1. The van der Waals surface area contributed by atoms with Gasteiger partial charge in [0.15, 0.2) is 0 Å². The van der Waals surface area contributed by atoms with E-state index >= 15 is 0 Å². The molecule has 0 amide bonds. The second-order valence-electron chi connectivity index (χ2n) is 9.25. The zero-order valence-corrected chi connectivity index (χ0v) is 18.9. The van der Waals surface area contributed by atoms with Gasteiger partial charge in [0.2, 0.25) is 10.4 Å². The summed E-state index contributed by atoms with van der Waals surface area (Å²) in [5, 5.41) is 10.0. The first-order chi connectivity index (χ1) is 11.6. The van der Waals surface area contributed by atoms with Gasteiger partial charge in [0, 0.05) is 0 Å². The molecule has 0 saturated heterocycles. The molecule has 0 radical (unpaired) electrons. The summed E-state index contributed by atoms with van der Waals surface area (Å²) in [4.78, 5) is 0. The molecule has 3 fully saturated rings. The van der Waals surface area contributed by atoms with Crippen molar-refractivity contribution >= 4 is 10.4 Å². The van der Waals surface area contributed by atoms with Crippen molar-refractivity contribution in [2.45, 2.75) is 77.4 Å². The summed E-state index contributed by atoms with van der Waals surface area (Å²) >= 11 is 0. The third kappa shape index (κ3) is 3.38. The molecule has 1 N–H and O–H groups in total. The molecule has 142 valence electrons. The summed E-state index contributed by atoms with van der Waals surface area (Å²) in [6.45, 7) is 4.50. The van der Waals surface area contributed by atoms with Crippen LogP contribution in [0.5, 0.6) is 0 Å². The molecule has 7 atom stereocenters. The maximum atomic E-state index is 11.1. The normalized spacial score (nSPS) is 47.8. The van der Waals surface area contributed by atoms with Crippen molar-refractivity contribution in [1.82, 2.24) is 0 Å². The Hall–Kier alpha value is 0.570. The Morgan fingerprint density at radius 3 is 2.54 bits per heavy atom. The Kier molecular flexibility index (Phi) is 5.83. The maximum Gasteiger partial charge on any atom is 1.00 e. The summed E-state index contributed by atoms with van der Waals surface area (Å²) in [7, 11) is -4.65. The van der Waals surface area contributed by atoms with Gasteiger partial charge in [-0.2, -0.15) is 0 Å². The molecule has 0 spiro atoms. The van der Waals surface area contributed by atoms with Crippen molar-refractivity contribution in [3.8, 4) is 0 Å². The predicted octanol–water partition coefficient (Wildman–Crippen LogP) is 0.160. The number of allylic oxidation sites excluding steroid dienone is 1. The zero-order chi connectivity index (χ0) is 18.0. The Labute approximate surface area is 179 Å². The molecule has 0 bridgehead atoms. The molecule has 3 saturated carbocycles. The molecule has 0 unspecified atom stereocenters. The van der Waals surface area contributed by atoms with E-state index in [9.17, 15) is 18.1 Å². The number of hydrogen-bond acceptors (Lipinski definition) is 5. The summed E-state index contributed by atoms with van der Waals surface area (Å²) in [6.07, 6.45) is 8.97. The molecule has 26 heavy (non-hydrogen) atoms. The van der Waals surface area contributed by atoms with Crippen molar-refractivity contribution in [3.63, 3.8) is 0 Å². The van der Waals surface area contributed by atoms with Crippen LogP contribution in [0.4, 0.5) is 0 Å². The number of fused-ring (bicyclic) bond motifs is 5. The first-order valence-corrected chi connectivity index (χ1v) is 11.0. The van der Waals surface area contributed by atoms with Crippen molar-refractivity contribution in [1.29, 1.82) is 0 Å². The second-order valence-corrected chi connectivity index (χ2v) is 10.3. The fourth-order valence-electron chi connectivity index (χ4n) is 6.96. The van der Waals surface area contributed by atoms with Crippen LogP contribution in [-0.4, -0.2) is 30.3 Å². The smallest absolute Gasteiger partial charge is 0.726 e. The van der Waals surface area contributed by atoms with Gasteiger partial charge in [0.05, 0.1) is 12.2 Å². The van der Waals surface area contributed by atoms with Crippen LogP contribution in [-0.2, 0) is 14.6 Å². The van der Waals surface area contributed by atoms with E-state index in [2.05, 4.69) is 19.9 Å². The largest absolute Gasteiger partial charge is 1.00 e. The number of hydrogen-bond donors (Lipinski definition) is 1. The molecule has 4 aliphatic rings. The van der Waals surface area contributed by atoms with E-state index in [1.807, 2.05) is 0 Å². The summed E-state index contributed by atoms with van der Waals surface area (Å²) in [5.74, 6) is 1.60. The fraction of sp³-hybridized carbons (Fsp3) is 0.895. The van der Waals surface area contributed by atoms with Gasteiger partial charge in [0.25, 0.3) is 0 Å². The quantitative estimate of drug-likeness (QED) is 0.313. The molecular weight excluding hydrogens is 363 g/mol. The van der Waals surface area contributed by atoms with E-state index in [1.165, 1.54) is 5.57 Å². The van der Waals surface area contributed by atoms with Gasteiger partial charge in [0.1, 0.15) is 0 Å². The van der Waals surface area contributed by atoms with Crippen molar-refractivity contribution in [3.05, 3.63) is 11.6 Å². The molecule has 0 aromatic heterocycles. The van der Waals surface area contributed by atoms with Gasteiger partial charge in [-0.1, -0.05) is 25.5 Å². The summed E-state index contributed by atoms with van der Waals surface area (Å²) in [6, 6.07) is 0. The Morgan fingerprint density at radius 1 is 1.12 bits per heavy atom. The Morgan fingerprint density at radius 2 is 1.85 bits per heavy atom. The average molecular weight is 392 g/mol. The maximum absolute atomic E-state index is 11.1. The minimum Gasteiger partial charge on any atom is -0.726 e. The second kappa shape index (κ2) is 7.12. The van der Waals surface area contributed by atoms with Gasteiger partial charge < -0.3 is 9.66 Å². The zero-order valence-electron chi connectivity index (χ0n) is 16.1. The van der Waals surface area contributed by atoms with Crippen LogP contribution in [0.25, 0.3) is 0 Å². The Bertz CT molecular complexity index is 692. The molecule has 0 aromatic rings. The number of rotatable bonds is 2. The SMILES string of the molecule is C[C@]12CC[C@H]3[C@@H](CCC4=C[C@H](O)CC[C@@]43C)[C@@H]1CC[C@H]2OS(=O)(=O)[O-].[Na+]. The molecule has 0 heterocycles. The van der Waals surface area contributed by atoms with E-state index in [1.54, 1.807) is 0 Å². The van der Waals surface area contributed by atoms with E-state index in [-0.39, 0.29) is 46.5 Å². The van der Waals surface area contributed by atoms with Crippen molar-refractivity contribution in [2.75, 3.05) is 0 Å². The topological polar surface area (TPSA) is 86.7 Å². The van der Waals surface area contributed by atoms with Crippen LogP contribution in [0.15, 0.2) is 11.6 Å². The predicted molar refractivity (Wildman–Crippen MR) is 92.3 cm³/mol. The van der Waals surface area contributed by atoms with Crippen LogP contribution in [0.1, 0.15) is 65.2 Å². The third-order valence-corrected chi connectivity index (χ3v) is 8.70. The van der Waals surface area contributed by atoms with Crippen molar-refractivity contribution < 1.29 is 51.8 Å². The molecule has 4 aliphatic carbocycles.